The summed E-state index contributed by atoms with van der Waals surface area (Å²) in [6, 6.07) is 7.83. The number of fused-ring (bicyclic) bond motifs is 1. The lowest BCUT2D eigenvalue weighted by atomic mass is 10.1. The van der Waals surface area contributed by atoms with Crippen LogP contribution in [0.3, 0.4) is 0 Å². The molecular formula is C12H8N2. The Balaban J connectivity index is 2.89. The molecule has 1 aromatic rings. The van der Waals surface area contributed by atoms with Crippen LogP contribution in [0.25, 0.3) is 12.2 Å². The van der Waals surface area contributed by atoms with Crippen LogP contribution in [-0.2, 0) is 0 Å². The van der Waals surface area contributed by atoms with E-state index in [-0.39, 0.29) is 0 Å². The molecule has 1 aliphatic rings. The molecule has 0 amide bonds. The second-order valence-electron chi connectivity index (χ2n) is 2.89. The van der Waals surface area contributed by atoms with Crippen molar-refractivity contribution in [2.45, 2.75) is 0 Å². The molecule has 0 saturated heterocycles. The maximum atomic E-state index is 8.91. The number of nitrogens with zero attached hydrogens (tertiary/aromatic N) is 2. The minimum Gasteiger partial charge on any atom is -0.265 e. The molecule has 0 saturated carbocycles. The topological polar surface area (TPSA) is 36.1 Å². The Kier molecular flexibility index (Phi) is 2.24. The van der Waals surface area contributed by atoms with Crippen LogP contribution in [0.15, 0.2) is 35.5 Å². The third-order valence-corrected chi connectivity index (χ3v) is 2.04. The molecule has 0 bridgehead atoms. The van der Waals surface area contributed by atoms with Crippen LogP contribution in [-0.4, -0.2) is 6.21 Å². The zero-order chi connectivity index (χ0) is 9.80. The Morgan fingerprint density at radius 3 is 3.00 bits per heavy atom. The van der Waals surface area contributed by atoms with Crippen molar-refractivity contribution >= 4 is 18.4 Å². The Morgan fingerprint density at radius 2 is 2.14 bits per heavy atom. The highest BCUT2D eigenvalue weighted by Crippen LogP contribution is 1.87. The number of hydrogen-bond donors (Lipinski definition) is 0. The van der Waals surface area contributed by atoms with Crippen LogP contribution in [0.1, 0.15) is 5.56 Å². The van der Waals surface area contributed by atoms with Gasteiger partial charge in [-0.3, -0.25) is 4.99 Å². The van der Waals surface area contributed by atoms with Crippen LogP contribution >= 0.6 is 0 Å². The van der Waals surface area contributed by atoms with E-state index in [4.69, 9.17) is 5.26 Å². The van der Waals surface area contributed by atoms with Gasteiger partial charge >= 0.3 is 0 Å². The second kappa shape index (κ2) is 3.71. The molecule has 0 unspecified atom stereocenters. The fourth-order valence-electron chi connectivity index (χ4n) is 1.37. The van der Waals surface area contributed by atoms with Crippen LogP contribution in [0.2, 0.25) is 0 Å². The standard InChI is InChI=1S/C12H8N2/c13-9-11-4-1-3-10-6-8-14-7-2-5-12(10)11/h1-8H. The summed E-state index contributed by atoms with van der Waals surface area (Å²) < 4.78 is 0. The number of aliphatic imine (C=N–C) groups is 1. The molecule has 14 heavy (non-hydrogen) atoms. The molecule has 0 aromatic heterocycles. The maximum Gasteiger partial charge on any atom is 0.0998 e. The van der Waals surface area contributed by atoms with Gasteiger partial charge in [-0.15, -0.1) is 0 Å². The molecule has 2 rings (SSSR count). The van der Waals surface area contributed by atoms with E-state index in [1.165, 1.54) is 0 Å². The fourth-order valence-corrected chi connectivity index (χ4v) is 1.37. The highest BCUT2D eigenvalue weighted by molar-refractivity contribution is 5.91. The molecule has 0 fully saturated rings. The summed E-state index contributed by atoms with van der Waals surface area (Å²) in [6.45, 7) is 0. The molecule has 0 aliphatic carbocycles. The van der Waals surface area contributed by atoms with Gasteiger partial charge in [-0.25, -0.2) is 0 Å². The van der Waals surface area contributed by atoms with Gasteiger partial charge in [-0.1, -0.05) is 18.2 Å². The number of hydrogen-bond acceptors (Lipinski definition) is 2. The van der Waals surface area contributed by atoms with Gasteiger partial charge in [0.25, 0.3) is 0 Å². The van der Waals surface area contributed by atoms with Gasteiger partial charge in [-0.2, -0.15) is 5.26 Å². The number of nitriles is 1. The SMILES string of the molecule is N#Cc1cccc2c1=CC=CN=CC=2. The van der Waals surface area contributed by atoms with Gasteiger partial charge in [0.15, 0.2) is 0 Å². The van der Waals surface area contributed by atoms with Crippen molar-refractivity contribution in [3.8, 4) is 6.07 Å². The fraction of sp³-hybridized carbons (Fsp3) is 0. The van der Waals surface area contributed by atoms with Crippen LogP contribution < -0.4 is 10.4 Å². The molecule has 1 aromatic carbocycles. The highest BCUT2D eigenvalue weighted by Gasteiger charge is 1.93. The van der Waals surface area contributed by atoms with Crippen LogP contribution in [0, 0.1) is 11.3 Å². The third kappa shape index (κ3) is 1.48. The minimum atomic E-state index is 0.693. The summed E-state index contributed by atoms with van der Waals surface area (Å²) in [7, 11) is 0. The van der Waals surface area contributed by atoms with E-state index in [2.05, 4.69) is 11.1 Å². The summed E-state index contributed by atoms with van der Waals surface area (Å²) in [4.78, 5) is 4.01. The van der Waals surface area contributed by atoms with Crippen molar-refractivity contribution in [1.29, 1.82) is 5.26 Å². The first kappa shape index (κ1) is 8.46. The van der Waals surface area contributed by atoms with E-state index in [9.17, 15) is 0 Å². The van der Waals surface area contributed by atoms with Crippen molar-refractivity contribution < 1.29 is 0 Å². The molecule has 0 spiro atoms. The second-order valence-corrected chi connectivity index (χ2v) is 2.89. The van der Waals surface area contributed by atoms with E-state index in [1.54, 1.807) is 12.4 Å². The van der Waals surface area contributed by atoms with Crippen LogP contribution in [0.5, 0.6) is 0 Å². The monoisotopic (exact) mass is 180 g/mol. The van der Waals surface area contributed by atoms with E-state index >= 15 is 0 Å². The lowest BCUT2D eigenvalue weighted by Gasteiger charge is -1.93. The van der Waals surface area contributed by atoms with Gasteiger partial charge in [0.05, 0.1) is 11.6 Å². The summed E-state index contributed by atoms with van der Waals surface area (Å²) in [5.41, 5.74) is 0.693. The largest absolute Gasteiger partial charge is 0.265 e. The first-order valence-corrected chi connectivity index (χ1v) is 4.31. The first-order valence-electron chi connectivity index (χ1n) is 4.31. The average Bonchev–Trinajstić information content (AvgIpc) is 2.18. The highest BCUT2D eigenvalue weighted by atomic mass is 14.6. The average molecular weight is 180 g/mol. The van der Waals surface area contributed by atoms with E-state index in [0.717, 1.165) is 10.4 Å². The summed E-state index contributed by atoms with van der Waals surface area (Å²) in [5.74, 6) is 0. The zero-order valence-electron chi connectivity index (χ0n) is 7.51. The lowest BCUT2D eigenvalue weighted by Crippen LogP contribution is -2.27. The van der Waals surface area contributed by atoms with Gasteiger partial charge < -0.3 is 0 Å². The maximum absolute atomic E-state index is 8.91. The summed E-state index contributed by atoms with van der Waals surface area (Å²) in [6.07, 6.45) is 9.07. The molecule has 0 atom stereocenters. The minimum absolute atomic E-state index is 0.693. The molecule has 0 radical (unpaired) electrons. The smallest absolute Gasteiger partial charge is 0.0998 e. The van der Waals surface area contributed by atoms with Crippen molar-refractivity contribution in [2.75, 3.05) is 0 Å². The van der Waals surface area contributed by atoms with Crippen LogP contribution in [0.4, 0.5) is 0 Å². The Morgan fingerprint density at radius 1 is 1.21 bits per heavy atom. The number of rotatable bonds is 0. The van der Waals surface area contributed by atoms with Gasteiger partial charge in [0.2, 0.25) is 0 Å². The number of allylic oxidation sites excluding steroid dienone is 1. The van der Waals surface area contributed by atoms with E-state index in [0.29, 0.717) is 5.56 Å². The summed E-state index contributed by atoms with van der Waals surface area (Å²) in [5, 5.41) is 10.9. The molecule has 2 nitrogen and oxygen atoms in total. The predicted molar refractivity (Wildman–Crippen MR) is 57.0 cm³/mol. The van der Waals surface area contributed by atoms with Crippen molar-refractivity contribution in [2.24, 2.45) is 4.99 Å². The first-order chi connectivity index (χ1) is 6.92. The predicted octanol–water partition coefficient (Wildman–Crippen LogP) is 0.717. The van der Waals surface area contributed by atoms with Gasteiger partial charge in [0, 0.05) is 12.4 Å². The molecule has 1 heterocycles. The lowest BCUT2D eigenvalue weighted by molar-refractivity contribution is 1.42. The Hall–Kier alpha value is -2.14. The Bertz CT molecular complexity index is 557. The molecule has 1 aliphatic heterocycles. The normalized spacial score (nSPS) is 12.8. The van der Waals surface area contributed by atoms with Gasteiger partial charge in [-0.05, 0) is 28.7 Å². The van der Waals surface area contributed by atoms with E-state index < -0.39 is 0 Å². The molecule has 2 heteroatoms. The molecule has 66 valence electrons. The number of benzene rings is 1. The van der Waals surface area contributed by atoms with Crippen molar-refractivity contribution in [3.05, 3.63) is 46.5 Å². The van der Waals surface area contributed by atoms with Crippen molar-refractivity contribution in [3.63, 3.8) is 0 Å². The molecule has 0 N–H and O–H groups in total. The van der Waals surface area contributed by atoms with Gasteiger partial charge in [0.1, 0.15) is 0 Å². The quantitative estimate of drug-likeness (QED) is 0.579. The third-order valence-electron chi connectivity index (χ3n) is 2.04. The van der Waals surface area contributed by atoms with Crippen molar-refractivity contribution in [1.82, 2.24) is 0 Å². The Labute approximate surface area is 81.8 Å². The zero-order valence-corrected chi connectivity index (χ0v) is 7.51. The van der Waals surface area contributed by atoms with E-state index in [1.807, 2.05) is 36.4 Å². The summed E-state index contributed by atoms with van der Waals surface area (Å²) >= 11 is 0. The molecular weight excluding hydrogens is 172 g/mol.